The number of hydrogen-bond acceptors (Lipinski definition) is 5. The van der Waals surface area contributed by atoms with Gasteiger partial charge in [0.25, 0.3) is 0 Å². The van der Waals surface area contributed by atoms with E-state index in [1.807, 2.05) is 36.4 Å². The van der Waals surface area contributed by atoms with E-state index in [0.29, 0.717) is 18.0 Å². The van der Waals surface area contributed by atoms with E-state index < -0.39 is 6.10 Å². The maximum Gasteiger partial charge on any atom is 0.161 e. The van der Waals surface area contributed by atoms with Gasteiger partial charge in [0.15, 0.2) is 11.5 Å². The maximum atomic E-state index is 10.2. The Hall–Kier alpha value is -1.79. The molecule has 5 nitrogen and oxygen atoms in total. The normalized spacial score (nSPS) is 15.4. The highest BCUT2D eigenvalue weighted by Crippen LogP contribution is 2.28. The van der Waals surface area contributed by atoms with Crippen LogP contribution in [0.2, 0.25) is 5.02 Å². The molecule has 158 valence electrons. The molecule has 0 unspecified atom stereocenters. The van der Waals surface area contributed by atoms with Gasteiger partial charge in [0, 0.05) is 18.1 Å². The van der Waals surface area contributed by atoms with Gasteiger partial charge in [-0.05, 0) is 74.3 Å². The lowest BCUT2D eigenvalue weighted by molar-refractivity contribution is 0.0747. The van der Waals surface area contributed by atoms with Crippen LogP contribution in [-0.4, -0.2) is 56.0 Å². The minimum absolute atomic E-state index is 0.268. The fourth-order valence-electron chi connectivity index (χ4n) is 3.60. The van der Waals surface area contributed by atoms with E-state index in [4.69, 9.17) is 21.1 Å². The van der Waals surface area contributed by atoms with Gasteiger partial charge in [0.1, 0.15) is 12.7 Å². The third-order valence-corrected chi connectivity index (χ3v) is 5.37. The van der Waals surface area contributed by atoms with Gasteiger partial charge < -0.3 is 24.8 Å². The van der Waals surface area contributed by atoms with Crippen molar-refractivity contribution in [1.29, 1.82) is 0 Å². The van der Waals surface area contributed by atoms with E-state index in [0.717, 1.165) is 43.2 Å². The summed E-state index contributed by atoms with van der Waals surface area (Å²) in [7, 11) is 1.64. The van der Waals surface area contributed by atoms with Gasteiger partial charge in [-0.15, -0.1) is 0 Å². The van der Waals surface area contributed by atoms with Crippen molar-refractivity contribution in [3.63, 3.8) is 0 Å². The van der Waals surface area contributed by atoms with E-state index in [-0.39, 0.29) is 6.61 Å². The predicted octanol–water partition coefficient (Wildman–Crippen LogP) is 3.52. The first-order valence-electron chi connectivity index (χ1n) is 10.3. The summed E-state index contributed by atoms with van der Waals surface area (Å²) in [5.41, 5.74) is 2.34. The number of β-amino-alcohol motifs (C(OH)–C–C–N with tert-alkyl or cyclic N) is 1. The Morgan fingerprint density at radius 3 is 2.69 bits per heavy atom. The molecule has 0 saturated carbocycles. The highest BCUT2D eigenvalue weighted by molar-refractivity contribution is 6.30. The molecule has 3 rings (SSSR count). The van der Waals surface area contributed by atoms with E-state index in [2.05, 4.69) is 16.3 Å². The van der Waals surface area contributed by atoms with Crippen molar-refractivity contribution in [3.8, 4) is 11.5 Å². The monoisotopic (exact) mass is 418 g/mol. The van der Waals surface area contributed by atoms with E-state index in [9.17, 15) is 5.11 Å². The van der Waals surface area contributed by atoms with Crippen molar-refractivity contribution in [2.75, 3.05) is 39.9 Å². The minimum atomic E-state index is -0.495. The van der Waals surface area contributed by atoms with Gasteiger partial charge in [-0.25, -0.2) is 0 Å². The summed E-state index contributed by atoms with van der Waals surface area (Å²) in [6.07, 6.45) is 2.87. The average molecular weight is 419 g/mol. The Morgan fingerprint density at radius 1 is 1.10 bits per heavy atom. The lowest BCUT2D eigenvalue weighted by atomic mass is 10.1. The van der Waals surface area contributed by atoms with Gasteiger partial charge in [-0.2, -0.15) is 0 Å². The van der Waals surface area contributed by atoms with E-state index in [1.165, 1.54) is 18.4 Å². The fraction of sp³-hybridized carbons (Fsp3) is 0.478. The lowest BCUT2D eigenvalue weighted by Crippen LogP contribution is -2.33. The first-order chi connectivity index (χ1) is 14.1. The lowest BCUT2D eigenvalue weighted by Gasteiger charge is -2.20. The van der Waals surface area contributed by atoms with Crippen LogP contribution in [0.5, 0.6) is 11.5 Å². The number of methoxy groups -OCH3 is 1. The SMILES string of the molecule is COc1cc(CNCCc2cccc(Cl)c2)ccc1OC[C@H](O)CN1CCCC1. The molecule has 0 aliphatic carbocycles. The largest absolute Gasteiger partial charge is 0.493 e. The van der Waals surface area contributed by atoms with Crippen LogP contribution in [0.1, 0.15) is 24.0 Å². The van der Waals surface area contributed by atoms with Gasteiger partial charge in [-0.1, -0.05) is 29.8 Å². The molecule has 1 fully saturated rings. The Labute approximate surface area is 178 Å². The van der Waals surface area contributed by atoms with Crippen LogP contribution < -0.4 is 14.8 Å². The molecule has 2 aromatic rings. The molecule has 1 aliphatic heterocycles. The average Bonchev–Trinajstić information content (AvgIpc) is 3.23. The molecule has 6 heteroatoms. The van der Waals surface area contributed by atoms with Crippen LogP contribution in [-0.2, 0) is 13.0 Å². The highest BCUT2D eigenvalue weighted by atomic mass is 35.5. The van der Waals surface area contributed by atoms with Crippen LogP contribution >= 0.6 is 11.6 Å². The van der Waals surface area contributed by atoms with Gasteiger partial charge in [0.2, 0.25) is 0 Å². The Bertz CT molecular complexity index is 766. The molecule has 0 spiro atoms. The zero-order valence-corrected chi connectivity index (χ0v) is 17.8. The highest BCUT2D eigenvalue weighted by Gasteiger charge is 2.17. The van der Waals surface area contributed by atoms with Crippen LogP contribution in [0.25, 0.3) is 0 Å². The Kier molecular flexibility index (Phi) is 8.62. The van der Waals surface area contributed by atoms with Crippen molar-refractivity contribution in [2.24, 2.45) is 0 Å². The first-order valence-corrected chi connectivity index (χ1v) is 10.7. The summed E-state index contributed by atoms with van der Waals surface area (Å²) >= 11 is 6.02. The van der Waals surface area contributed by atoms with Crippen LogP contribution in [0.3, 0.4) is 0 Å². The molecule has 0 aromatic heterocycles. The third kappa shape index (κ3) is 7.19. The number of hydrogen-bond donors (Lipinski definition) is 2. The van der Waals surface area contributed by atoms with Gasteiger partial charge in [0.05, 0.1) is 7.11 Å². The van der Waals surface area contributed by atoms with Crippen molar-refractivity contribution in [1.82, 2.24) is 10.2 Å². The predicted molar refractivity (Wildman–Crippen MR) is 117 cm³/mol. The standard InChI is InChI=1S/C23H31ClN2O3/c1-28-23-14-19(15-25-10-9-18-5-4-6-20(24)13-18)7-8-22(23)29-17-21(27)16-26-11-2-3-12-26/h4-8,13-14,21,25,27H,2-3,9-12,15-17H2,1H3/t21-/m1/s1. The third-order valence-electron chi connectivity index (χ3n) is 5.14. The van der Waals surface area contributed by atoms with E-state index in [1.54, 1.807) is 7.11 Å². The molecule has 2 N–H and O–H groups in total. The van der Waals surface area contributed by atoms with Crippen molar-refractivity contribution < 1.29 is 14.6 Å². The molecule has 0 amide bonds. The number of likely N-dealkylation sites (tertiary alicyclic amines) is 1. The second-order valence-corrected chi connectivity index (χ2v) is 7.95. The van der Waals surface area contributed by atoms with Crippen LogP contribution in [0, 0.1) is 0 Å². The number of nitrogens with zero attached hydrogens (tertiary/aromatic N) is 1. The summed E-state index contributed by atoms with van der Waals surface area (Å²) in [6, 6.07) is 13.9. The second kappa shape index (κ2) is 11.4. The number of rotatable bonds is 11. The zero-order valence-electron chi connectivity index (χ0n) is 17.1. The Balaban J connectivity index is 1.43. The van der Waals surface area contributed by atoms with Gasteiger partial charge >= 0.3 is 0 Å². The topological polar surface area (TPSA) is 54.0 Å². The molecule has 1 saturated heterocycles. The van der Waals surface area contributed by atoms with Crippen LogP contribution in [0.4, 0.5) is 0 Å². The molecule has 1 aliphatic rings. The number of aliphatic hydroxyl groups excluding tert-OH is 1. The molecular weight excluding hydrogens is 388 g/mol. The summed E-state index contributed by atoms with van der Waals surface area (Å²) in [6.45, 7) is 4.68. The van der Waals surface area contributed by atoms with E-state index >= 15 is 0 Å². The van der Waals surface area contributed by atoms with Crippen molar-refractivity contribution >= 4 is 11.6 Å². The summed E-state index contributed by atoms with van der Waals surface area (Å²) < 4.78 is 11.3. The molecule has 29 heavy (non-hydrogen) atoms. The molecule has 2 aromatic carbocycles. The number of aliphatic hydroxyl groups is 1. The summed E-state index contributed by atoms with van der Waals surface area (Å²) in [4.78, 5) is 2.28. The zero-order chi connectivity index (χ0) is 20.5. The fourth-order valence-corrected chi connectivity index (χ4v) is 3.81. The number of ether oxygens (including phenoxy) is 2. The Morgan fingerprint density at radius 2 is 1.93 bits per heavy atom. The van der Waals surface area contributed by atoms with Crippen molar-refractivity contribution in [2.45, 2.75) is 31.9 Å². The quantitative estimate of drug-likeness (QED) is 0.547. The molecule has 1 heterocycles. The maximum absolute atomic E-state index is 10.2. The molecule has 0 bridgehead atoms. The summed E-state index contributed by atoms with van der Waals surface area (Å²) in [5, 5.41) is 14.4. The second-order valence-electron chi connectivity index (χ2n) is 7.51. The van der Waals surface area contributed by atoms with Crippen molar-refractivity contribution in [3.05, 3.63) is 58.6 Å². The summed E-state index contributed by atoms with van der Waals surface area (Å²) in [5.74, 6) is 1.35. The number of nitrogens with one attached hydrogen (secondary N) is 1. The smallest absolute Gasteiger partial charge is 0.161 e. The molecule has 1 atom stereocenters. The number of benzene rings is 2. The van der Waals surface area contributed by atoms with Gasteiger partial charge in [-0.3, -0.25) is 0 Å². The molecular formula is C23H31ClN2O3. The number of halogens is 1. The minimum Gasteiger partial charge on any atom is -0.493 e. The molecule has 0 radical (unpaired) electrons. The van der Waals surface area contributed by atoms with Crippen LogP contribution in [0.15, 0.2) is 42.5 Å². The first kappa shape index (κ1) is 21.9.